The predicted molar refractivity (Wildman–Crippen MR) is 161 cm³/mol. The first-order valence-electron chi connectivity index (χ1n) is 14.1. The van der Waals surface area contributed by atoms with Gasteiger partial charge in [0, 0.05) is 11.3 Å². The smallest absolute Gasteiger partial charge is 0.408 e. The van der Waals surface area contributed by atoms with Gasteiger partial charge < -0.3 is 30.1 Å². The number of nitrogens with one attached hydrogen (secondary N) is 4. The molecule has 220 valence electrons. The van der Waals surface area contributed by atoms with Crippen LogP contribution in [0.3, 0.4) is 0 Å². The van der Waals surface area contributed by atoms with Gasteiger partial charge in [-0.2, -0.15) is 0 Å². The summed E-state index contributed by atoms with van der Waals surface area (Å²) >= 11 is 0. The quantitative estimate of drug-likeness (QED) is 0.216. The summed E-state index contributed by atoms with van der Waals surface area (Å²) in [4.78, 5) is 39.8. The molecule has 4 N–H and O–H groups in total. The third-order valence-electron chi connectivity index (χ3n) is 6.59. The molecule has 0 radical (unpaired) electrons. The molecule has 0 bridgehead atoms. The van der Waals surface area contributed by atoms with Gasteiger partial charge >= 0.3 is 12.2 Å². The lowest BCUT2D eigenvalue weighted by Crippen LogP contribution is -2.32. The van der Waals surface area contributed by atoms with Crippen LogP contribution in [-0.4, -0.2) is 43.3 Å². The Morgan fingerprint density at radius 3 is 2.02 bits per heavy atom. The number of carbonyl (C=O) groups excluding carboxylic acids is 2. The second-order valence-electron chi connectivity index (χ2n) is 12.4. The minimum atomic E-state index is -0.550. The summed E-state index contributed by atoms with van der Waals surface area (Å²) < 4.78 is 10.6. The molecule has 5 rings (SSSR count). The summed E-state index contributed by atoms with van der Waals surface area (Å²) in [6.45, 7) is 11.5. The van der Waals surface area contributed by atoms with Crippen LogP contribution in [0.25, 0.3) is 33.6 Å². The van der Waals surface area contributed by atoms with Crippen LogP contribution in [-0.2, 0) is 35.4 Å². The lowest BCUT2D eigenvalue weighted by atomic mass is 9.89. The first kappa shape index (κ1) is 28.9. The topological polar surface area (TPSA) is 134 Å². The number of imidazole rings is 2. The van der Waals surface area contributed by atoms with Gasteiger partial charge in [-0.1, -0.05) is 42.5 Å². The van der Waals surface area contributed by atoms with E-state index in [1.165, 1.54) is 5.56 Å². The number of aromatic nitrogens is 4. The van der Waals surface area contributed by atoms with Gasteiger partial charge in [-0.3, -0.25) is 0 Å². The highest BCUT2D eigenvalue weighted by Gasteiger charge is 2.22. The van der Waals surface area contributed by atoms with Crippen molar-refractivity contribution in [3.63, 3.8) is 0 Å². The van der Waals surface area contributed by atoms with Crippen molar-refractivity contribution in [2.75, 3.05) is 0 Å². The Bertz CT molecular complexity index is 1590. The van der Waals surface area contributed by atoms with Crippen LogP contribution < -0.4 is 10.6 Å². The molecule has 0 fully saturated rings. The van der Waals surface area contributed by atoms with E-state index in [2.05, 4.69) is 68.1 Å². The number of carbonyl (C=O) groups is 2. The van der Waals surface area contributed by atoms with Gasteiger partial charge in [-0.05, 0) is 76.6 Å². The van der Waals surface area contributed by atoms with Crippen molar-refractivity contribution in [1.29, 1.82) is 0 Å². The zero-order valence-corrected chi connectivity index (χ0v) is 25.0. The Kier molecular flexibility index (Phi) is 7.81. The number of fused-ring (bicyclic) bond motifs is 3. The Morgan fingerprint density at radius 1 is 0.786 bits per heavy atom. The Balaban J connectivity index is 1.23. The highest BCUT2D eigenvalue weighted by molar-refractivity contribution is 5.76. The second-order valence-corrected chi connectivity index (χ2v) is 12.4. The van der Waals surface area contributed by atoms with Crippen molar-refractivity contribution in [3.8, 4) is 33.6 Å². The van der Waals surface area contributed by atoms with E-state index in [-0.39, 0.29) is 13.1 Å². The highest BCUT2D eigenvalue weighted by Crippen LogP contribution is 2.35. The monoisotopic (exact) mass is 570 g/mol. The van der Waals surface area contributed by atoms with Crippen LogP contribution >= 0.6 is 0 Å². The number of ether oxygens (including phenoxy) is 2. The molecule has 0 saturated carbocycles. The van der Waals surface area contributed by atoms with Gasteiger partial charge in [0.25, 0.3) is 0 Å². The SMILES string of the molecule is CC(C)(C)OC(=O)NCc1ncc(-c2ccc(-c3ccc4c(c3)CCc3[nH]c(CNC(=O)OC(C)(C)C)nc3-4)cc2)[nH]1. The standard InChI is InChI=1S/C32H38N6O4/c1-31(2,3)41-29(39)34-17-26-33-16-25(37-26)20-9-7-19(8-10-20)21-11-13-23-22(15-21)12-14-24-28(23)38-27(36-24)18-35-30(40)42-32(4,5)6/h7-11,13,15-16H,12,14,17-18H2,1-6H3,(H,33,37)(H,34,39)(H,35,40)(H,36,38). The van der Waals surface area contributed by atoms with Gasteiger partial charge in [0.1, 0.15) is 22.9 Å². The summed E-state index contributed by atoms with van der Waals surface area (Å²) in [5.74, 6) is 1.36. The molecule has 42 heavy (non-hydrogen) atoms. The van der Waals surface area contributed by atoms with E-state index in [0.29, 0.717) is 11.6 Å². The van der Waals surface area contributed by atoms with Crippen molar-refractivity contribution in [1.82, 2.24) is 30.6 Å². The normalized spacial score (nSPS) is 12.7. The summed E-state index contributed by atoms with van der Waals surface area (Å²) in [6.07, 6.45) is 2.59. The van der Waals surface area contributed by atoms with Crippen molar-refractivity contribution in [2.45, 2.75) is 78.7 Å². The molecule has 1 aliphatic rings. The molecule has 0 unspecified atom stereocenters. The largest absolute Gasteiger partial charge is 0.444 e. The van der Waals surface area contributed by atoms with Crippen LogP contribution in [0.2, 0.25) is 0 Å². The van der Waals surface area contributed by atoms with Gasteiger partial charge in [0.05, 0.1) is 30.7 Å². The molecule has 1 aliphatic carbocycles. The van der Waals surface area contributed by atoms with E-state index in [0.717, 1.165) is 52.2 Å². The van der Waals surface area contributed by atoms with E-state index >= 15 is 0 Å². The molecule has 2 heterocycles. The predicted octanol–water partition coefficient (Wildman–Crippen LogP) is 6.28. The van der Waals surface area contributed by atoms with Crippen LogP contribution in [0, 0.1) is 0 Å². The first-order valence-corrected chi connectivity index (χ1v) is 14.1. The van der Waals surface area contributed by atoms with Crippen LogP contribution in [0.5, 0.6) is 0 Å². The summed E-state index contributed by atoms with van der Waals surface area (Å²) in [7, 11) is 0. The minimum Gasteiger partial charge on any atom is -0.444 e. The Labute approximate surface area is 245 Å². The summed E-state index contributed by atoms with van der Waals surface area (Å²) in [6, 6.07) is 14.8. The van der Waals surface area contributed by atoms with E-state index in [1.54, 1.807) is 6.20 Å². The number of amides is 2. The molecular formula is C32H38N6O4. The Morgan fingerprint density at radius 2 is 1.38 bits per heavy atom. The van der Waals surface area contributed by atoms with Crippen LogP contribution in [0.15, 0.2) is 48.7 Å². The molecular weight excluding hydrogens is 532 g/mol. The summed E-state index contributed by atoms with van der Waals surface area (Å²) in [5.41, 5.74) is 7.41. The second kappa shape index (κ2) is 11.3. The number of hydrogen-bond acceptors (Lipinski definition) is 6. The van der Waals surface area contributed by atoms with Gasteiger partial charge in [-0.15, -0.1) is 0 Å². The van der Waals surface area contributed by atoms with E-state index in [9.17, 15) is 9.59 Å². The molecule has 2 aromatic carbocycles. The number of nitrogens with zero attached hydrogens (tertiary/aromatic N) is 2. The average Bonchev–Trinajstić information content (AvgIpc) is 3.56. The zero-order chi connectivity index (χ0) is 30.1. The molecule has 0 spiro atoms. The van der Waals surface area contributed by atoms with E-state index in [4.69, 9.17) is 14.5 Å². The highest BCUT2D eigenvalue weighted by atomic mass is 16.6. The van der Waals surface area contributed by atoms with Crippen LogP contribution in [0.4, 0.5) is 9.59 Å². The number of hydrogen-bond donors (Lipinski definition) is 4. The number of alkyl carbamates (subject to hydrolysis) is 2. The molecule has 10 nitrogen and oxygen atoms in total. The summed E-state index contributed by atoms with van der Waals surface area (Å²) in [5, 5.41) is 5.49. The third-order valence-corrected chi connectivity index (χ3v) is 6.59. The van der Waals surface area contributed by atoms with Crippen LogP contribution in [0.1, 0.15) is 64.4 Å². The molecule has 0 saturated heterocycles. The maximum absolute atomic E-state index is 12.0. The van der Waals surface area contributed by atoms with Crippen molar-refractivity contribution in [3.05, 3.63) is 71.6 Å². The van der Waals surface area contributed by atoms with Gasteiger partial charge in [0.15, 0.2) is 0 Å². The fourth-order valence-electron chi connectivity index (χ4n) is 4.80. The van der Waals surface area contributed by atoms with Crippen molar-refractivity contribution < 1.29 is 19.1 Å². The number of benzene rings is 2. The first-order chi connectivity index (χ1) is 19.8. The number of aryl methyl sites for hydroxylation is 2. The fraction of sp³-hybridized carbons (Fsp3) is 0.375. The molecule has 0 atom stereocenters. The maximum Gasteiger partial charge on any atom is 0.408 e. The van der Waals surface area contributed by atoms with Crippen molar-refractivity contribution in [2.24, 2.45) is 0 Å². The third kappa shape index (κ3) is 7.18. The zero-order valence-electron chi connectivity index (χ0n) is 25.0. The minimum absolute atomic E-state index is 0.252. The maximum atomic E-state index is 12.0. The van der Waals surface area contributed by atoms with Gasteiger partial charge in [0.2, 0.25) is 0 Å². The lowest BCUT2D eigenvalue weighted by Gasteiger charge is -2.19. The number of aromatic amines is 2. The van der Waals surface area contributed by atoms with Crippen molar-refractivity contribution >= 4 is 12.2 Å². The molecule has 0 aliphatic heterocycles. The fourth-order valence-corrected chi connectivity index (χ4v) is 4.80. The van der Waals surface area contributed by atoms with E-state index < -0.39 is 23.4 Å². The van der Waals surface area contributed by atoms with E-state index in [1.807, 2.05) is 41.5 Å². The number of rotatable bonds is 6. The average molecular weight is 571 g/mol. The number of H-pyrrole nitrogens is 2. The molecule has 10 heteroatoms. The molecule has 2 aromatic heterocycles. The molecule has 2 amide bonds. The molecule has 4 aromatic rings. The Hall–Kier alpha value is -4.60. The van der Waals surface area contributed by atoms with Gasteiger partial charge in [-0.25, -0.2) is 19.6 Å². The lowest BCUT2D eigenvalue weighted by molar-refractivity contribution is 0.0511.